The summed E-state index contributed by atoms with van der Waals surface area (Å²) in [6, 6.07) is -0.888. The smallest absolute Gasteiger partial charge is 0.406 e. The molecule has 126 valence electrons. The number of hydrogen-bond acceptors (Lipinski definition) is 8. The molecular weight excluding hydrogens is 368 g/mol. The zero-order valence-electron chi connectivity index (χ0n) is 10.7. The fourth-order valence-electron chi connectivity index (χ4n) is 1.48. The third kappa shape index (κ3) is 6.61. The highest BCUT2D eigenvalue weighted by Gasteiger charge is 2.43. The van der Waals surface area contributed by atoms with Crippen LogP contribution in [0.25, 0.3) is 0 Å². The molecule has 0 aromatic heterocycles. The third-order valence-corrected chi connectivity index (χ3v) is 5.90. The van der Waals surface area contributed by atoms with Gasteiger partial charge in [-0.3, -0.25) is 4.89 Å². The van der Waals surface area contributed by atoms with Crippen LogP contribution < -0.4 is 0 Å². The van der Waals surface area contributed by atoms with Crippen LogP contribution in [-0.4, -0.2) is 50.7 Å². The van der Waals surface area contributed by atoms with Gasteiger partial charge in [-0.25, -0.2) is 13.7 Å². The highest BCUT2D eigenvalue weighted by Crippen LogP contribution is 2.66. The molecule has 5 atom stereocenters. The molecule has 0 amide bonds. The van der Waals surface area contributed by atoms with Gasteiger partial charge >= 0.3 is 23.5 Å². The quantitative estimate of drug-likeness (QED) is 0.216. The molecule has 1 rings (SSSR count). The average Bonchev–Trinajstić information content (AvgIpc) is 2.50. The maximum Gasteiger partial charge on any atom is 0.536 e. The largest absolute Gasteiger partial charge is 0.536 e. The highest BCUT2D eigenvalue weighted by molar-refractivity contribution is 7.66. The van der Waals surface area contributed by atoms with Crippen LogP contribution in [0.15, 0.2) is 12.3 Å². The van der Waals surface area contributed by atoms with E-state index in [2.05, 4.69) is 19.7 Å². The number of phosphoric ester groups is 1. The van der Waals surface area contributed by atoms with Gasteiger partial charge in [0, 0.05) is 6.00 Å². The third-order valence-electron chi connectivity index (χ3n) is 2.11. The normalized spacial score (nSPS) is 31.2. The van der Waals surface area contributed by atoms with Gasteiger partial charge in [-0.2, -0.15) is 8.62 Å². The van der Waals surface area contributed by atoms with Gasteiger partial charge in [0.1, 0.15) is 19.7 Å². The predicted octanol–water partition coefficient (Wildman–Crippen LogP) is -0.512. The van der Waals surface area contributed by atoms with Crippen molar-refractivity contribution in [2.45, 2.75) is 24.6 Å². The minimum Gasteiger partial charge on any atom is -0.406 e. The number of ether oxygens (including phenoxy) is 1. The van der Waals surface area contributed by atoms with E-state index in [1.54, 1.807) is 0 Å². The van der Waals surface area contributed by atoms with Crippen LogP contribution in [0, 0.1) is 0 Å². The first kappa shape index (κ1) is 20.0. The van der Waals surface area contributed by atoms with E-state index in [0.29, 0.717) is 0 Å². The summed E-state index contributed by atoms with van der Waals surface area (Å²) in [5.74, 6) is -0.650. The highest BCUT2D eigenvalue weighted by atomic mass is 31.3. The first-order chi connectivity index (χ1) is 9.71. The Kier molecular flexibility index (Phi) is 6.23. The molecule has 0 aliphatic carbocycles. The SMILES string of the molecule is [B]C1CC(O)C(C(=C)OP(=O)(O)OP(=O)(O)OP(=O)(O)O)O1. The molecule has 1 fully saturated rings. The standard InChI is InChI=1S/C6H12BO12P3/c1-3(6-4(8)2-5(7)16-6)17-21(12,13)19-22(14,15)18-20(9,10)11/h4-6,8H,1-2H2,(H,12,13)(H,14,15)(H2,9,10,11). The molecule has 1 saturated heterocycles. The van der Waals surface area contributed by atoms with E-state index in [-0.39, 0.29) is 6.42 Å². The Morgan fingerprint density at radius 2 is 1.68 bits per heavy atom. The van der Waals surface area contributed by atoms with Crippen LogP contribution >= 0.6 is 23.5 Å². The molecule has 1 aliphatic rings. The Labute approximate surface area is 125 Å². The van der Waals surface area contributed by atoms with E-state index in [1.165, 1.54) is 0 Å². The first-order valence-corrected chi connectivity index (χ1v) is 9.84. The average molecular weight is 380 g/mol. The van der Waals surface area contributed by atoms with E-state index in [4.69, 9.17) is 27.3 Å². The summed E-state index contributed by atoms with van der Waals surface area (Å²) in [5.41, 5.74) is 0. The van der Waals surface area contributed by atoms with Crippen molar-refractivity contribution in [2.75, 3.05) is 0 Å². The summed E-state index contributed by atoms with van der Waals surface area (Å²) < 4.78 is 49.2. The Morgan fingerprint density at radius 1 is 1.14 bits per heavy atom. The number of hydrogen-bond donors (Lipinski definition) is 5. The number of rotatable bonds is 7. The summed E-state index contributed by atoms with van der Waals surface area (Å²) >= 11 is 0. The Bertz CT molecular complexity index is 571. The summed E-state index contributed by atoms with van der Waals surface area (Å²) in [6.45, 7) is 3.17. The van der Waals surface area contributed by atoms with Crippen LogP contribution in [0.5, 0.6) is 0 Å². The number of aliphatic hydroxyl groups excluding tert-OH is 1. The number of aliphatic hydroxyl groups is 1. The van der Waals surface area contributed by atoms with Gasteiger partial charge in [0.05, 0.1) is 6.10 Å². The molecule has 5 unspecified atom stereocenters. The van der Waals surface area contributed by atoms with Crippen LogP contribution in [-0.2, 0) is 31.6 Å². The maximum absolute atomic E-state index is 11.5. The lowest BCUT2D eigenvalue weighted by molar-refractivity contribution is 0.0300. The van der Waals surface area contributed by atoms with Gasteiger partial charge < -0.3 is 29.0 Å². The molecule has 0 spiro atoms. The lowest BCUT2D eigenvalue weighted by atomic mass is 9.96. The number of phosphoric acid groups is 3. The molecule has 0 bridgehead atoms. The fourth-order valence-corrected chi connectivity index (χ4v) is 4.52. The van der Waals surface area contributed by atoms with Crippen molar-refractivity contribution in [1.82, 2.24) is 0 Å². The molecule has 0 aromatic carbocycles. The minimum absolute atomic E-state index is 0.0244. The topological polar surface area (TPSA) is 189 Å². The van der Waals surface area contributed by atoms with Crippen molar-refractivity contribution < 1.29 is 56.3 Å². The summed E-state index contributed by atoms with van der Waals surface area (Å²) in [5, 5.41) is 9.52. The van der Waals surface area contributed by atoms with Crippen molar-refractivity contribution in [3.8, 4) is 0 Å². The van der Waals surface area contributed by atoms with E-state index in [1.807, 2.05) is 0 Å². The molecule has 0 saturated carbocycles. The van der Waals surface area contributed by atoms with Gasteiger partial charge in [0.15, 0.2) is 0 Å². The van der Waals surface area contributed by atoms with Crippen molar-refractivity contribution in [3.05, 3.63) is 12.3 Å². The van der Waals surface area contributed by atoms with E-state index in [9.17, 15) is 23.7 Å². The molecule has 1 aliphatic heterocycles. The lowest BCUT2D eigenvalue weighted by Gasteiger charge is -2.21. The van der Waals surface area contributed by atoms with Crippen LogP contribution in [0.4, 0.5) is 0 Å². The predicted molar refractivity (Wildman–Crippen MR) is 69.1 cm³/mol. The summed E-state index contributed by atoms with van der Waals surface area (Å²) in [7, 11) is -11.1. The monoisotopic (exact) mass is 380 g/mol. The van der Waals surface area contributed by atoms with Crippen molar-refractivity contribution in [2.24, 2.45) is 0 Å². The molecule has 16 heteroatoms. The molecule has 5 N–H and O–H groups in total. The van der Waals surface area contributed by atoms with Gasteiger partial charge in [-0.15, -0.1) is 0 Å². The second-order valence-corrected chi connectivity index (χ2v) is 8.39. The Hall–Kier alpha value is -0.0251. The van der Waals surface area contributed by atoms with Crippen LogP contribution in [0.2, 0.25) is 0 Å². The zero-order chi connectivity index (χ0) is 17.3. The van der Waals surface area contributed by atoms with Gasteiger partial charge in [-0.05, 0) is 6.42 Å². The fraction of sp³-hybridized carbons (Fsp3) is 0.667. The molecule has 12 nitrogen and oxygen atoms in total. The second kappa shape index (κ2) is 6.84. The molecular formula is C6H12BO12P3. The van der Waals surface area contributed by atoms with Gasteiger partial charge in [-0.1, -0.05) is 6.58 Å². The molecule has 1 heterocycles. The van der Waals surface area contributed by atoms with Crippen molar-refractivity contribution >= 4 is 31.3 Å². The summed E-state index contributed by atoms with van der Waals surface area (Å²) in [4.78, 5) is 34.9. The second-order valence-electron chi connectivity index (χ2n) is 4.05. The van der Waals surface area contributed by atoms with Crippen LogP contribution in [0.3, 0.4) is 0 Å². The molecule has 0 aromatic rings. The van der Waals surface area contributed by atoms with Crippen molar-refractivity contribution in [1.29, 1.82) is 0 Å². The minimum atomic E-state index is -5.62. The Balaban J connectivity index is 2.71. The first-order valence-electron chi connectivity index (χ1n) is 5.32. The van der Waals surface area contributed by atoms with E-state index < -0.39 is 47.4 Å². The molecule has 22 heavy (non-hydrogen) atoms. The zero-order valence-corrected chi connectivity index (χ0v) is 13.3. The van der Waals surface area contributed by atoms with Gasteiger partial charge in [0.25, 0.3) is 0 Å². The van der Waals surface area contributed by atoms with E-state index >= 15 is 0 Å². The van der Waals surface area contributed by atoms with E-state index in [0.717, 1.165) is 0 Å². The van der Waals surface area contributed by atoms with Crippen LogP contribution in [0.1, 0.15) is 6.42 Å². The maximum atomic E-state index is 11.5. The Morgan fingerprint density at radius 3 is 2.09 bits per heavy atom. The summed E-state index contributed by atoms with van der Waals surface area (Å²) in [6.07, 6.45) is -2.54. The van der Waals surface area contributed by atoms with Crippen molar-refractivity contribution in [3.63, 3.8) is 0 Å². The van der Waals surface area contributed by atoms with Gasteiger partial charge in [0.2, 0.25) is 0 Å². The molecule has 2 radical (unpaired) electrons. The lowest BCUT2D eigenvalue weighted by Crippen LogP contribution is -2.23.